The maximum atomic E-state index is 13.0. The topological polar surface area (TPSA) is 64.6 Å². The fourth-order valence-corrected chi connectivity index (χ4v) is 5.17. The third kappa shape index (κ3) is 10.0. The molecule has 3 aromatic rings. The molecule has 0 bridgehead atoms. The molecule has 43 heavy (non-hydrogen) atoms. The van der Waals surface area contributed by atoms with E-state index in [-0.39, 0.29) is 19.4 Å². The number of nitrogens with one attached hydrogen (secondary N) is 1. The molecular formula is C31H29F6NO4S. The van der Waals surface area contributed by atoms with E-state index in [1.807, 2.05) is 0 Å². The number of rotatable bonds is 11. The number of aryl methyl sites for hydroxylation is 2. The molecule has 1 aromatic heterocycles. The zero-order valence-corrected chi connectivity index (χ0v) is 24.3. The second-order valence-corrected chi connectivity index (χ2v) is 10.6. The molecule has 2 aromatic carbocycles. The Morgan fingerprint density at radius 2 is 1.63 bits per heavy atom. The SMILES string of the molecule is COC(=O)CCNC(=O)c1ccc(C(CC=C=CCC(F)(F)F)Oc2cc(C)c(-c3ccc(C(F)(F)F)cc3)c(C)c2)s1. The van der Waals surface area contributed by atoms with Crippen LogP contribution in [0.4, 0.5) is 26.3 Å². The predicted molar refractivity (Wildman–Crippen MR) is 151 cm³/mol. The average molecular weight is 626 g/mol. The van der Waals surface area contributed by atoms with Gasteiger partial charge in [-0.05, 0) is 84.7 Å². The smallest absolute Gasteiger partial charge is 0.416 e. The Labute approximate surface area is 248 Å². The zero-order valence-electron chi connectivity index (χ0n) is 23.5. The van der Waals surface area contributed by atoms with Crippen molar-refractivity contribution in [3.8, 4) is 16.9 Å². The molecule has 1 amide bonds. The van der Waals surface area contributed by atoms with Gasteiger partial charge in [0.15, 0.2) is 0 Å². The summed E-state index contributed by atoms with van der Waals surface area (Å²) in [5.74, 6) is -0.450. The van der Waals surface area contributed by atoms with E-state index >= 15 is 0 Å². The van der Waals surface area contributed by atoms with Crippen LogP contribution in [-0.2, 0) is 15.7 Å². The quantitative estimate of drug-likeness (QED) is 0.132. The first-order valence-corrected chi connectivity index (χ1v) is 13.9. The lowest BCUT2D eigenvalue weighted by molar-refractivity contribution is -0.140. The lowest BCUT2D eigenvalue weighted by atomic mass is 9.94. The van der Waals surface area contributed by atoms with Gasteiger partial charge in [-0.1, -0.05) is 12.1 Å². The Bertz CT molecular complexity index is 1460. The third-order valence-electron chi connectivity index (χ3n) is 6.20. The molecule has 0 radical (unpaired) electrons. The summed E-state index contributed by atoms with van der Waals surface area (Å²) in [6.45, 7) is 3.67. The second kappa shape index (κ2) is 14.4. The minimum Gasteiger partial charge on any atom is -0.485 e. The van der Waals surface area contributed by atoms with Crippen molar-refractivity contribution in [3.05, 3.63) is 92.9 Å². The van der Waals surface area contributed by atoms with Crippen LogP contribution in [0.25, 0.3) is 11.1 Å². The van der Waals surface area contributed by atoms with Crippen molar-refractivity contribution in [2.24, 2.45) is 0 Å². The predicted octanol–water partition coefficient (Wildman–Crippen LogP) is 8.52. The number of carbonyl (C=O) groups excluding carboxylic acids is 2. The molecule has 1 N–H and O–H groups in total. The summed E-state index contributed by atoms with van der Waals surface area (Å²) < 4.78 is 87.3. The minimum atomic E-state index is -4.45. The van der Waals surface area contributed by atoms with E-state index < -0.39 is 42.3 Å². The third-order valence-corrected chi connectivity index (χ3v) is 7.37. The number of ether oxygens (including phenoxy) is 2. The highest BCUT2D eigenvalue weighted by atomic mass is 32.1. The zero-order chi connectivity index (χ0) is 31.8. The number of hydrogen-bond donors (Lipinski definition) is 1. The van der Waals surface area contributed by atoms with Crippen LogP contribution in [0.2, 0.25) is 0 Å². The number of alkyl halides is 6. The van der Waals surface area contributed by atoms with Gasteiger partial charge >= 0.3 is 18.3 Å². The molecule has 0 saturated carbocycles. The highest BCUT2D eigenvalue weighted by Gasteiger charge is 2.30. The van der Waals surface area contributed by atoms with Gasteiger partial charge in [0.05, 0.1) is 30.4 Å². The van der Waals surface area contributed by atoms with E-state index in [0.29, 0.717) is 21.1 Å². The van der Waals surface area contributed by atoms with E-state index in [1.54, 1.807) is 38.1 Å². The summed E-state index contributed by atoms with van der Waals surface area (Å²) in [5, 5.41) is 2.62. The lowest BCUT2D eigenvalue weighted by Gasteiger charge is -2.19. The Morgan fingerprint density at radius 1 is 0.977 bits per heavy atom. The van der Waals surface area contributed by atoms with E-state index in [1.165, 1.54) is 25.3 Å². The van der Waals surface area contributed by atoms with Crippen LogP contribution < -0.4 is 10.1 Å². The number of amides is 1. The summed E-state index contributed by atoms with van der Waals surface area (Å²) in [7, 11) is 1.24. The van der Waals surface area contributed by atoms with Crippen LogP contribution in [0.5, 0.6) is 5.75 Å². The molecule has 1 atom stereocenters. The number of carbonyl (C=O) groups is 2. The van der Waals surface area contributed by atoms with E-state index in [9.17, 15) is 35.9 Å². The standard InChI is InChI=1S/C31H29F6NO4S/c1-19-17-23(18-20(2)28(19)21-8-10-22(11-9-21)31(35,36)37)42-24(7-5-4-6-15-30(32,33)34)25-12-13-26(43-25)29(40)38-16-14-27(39)41-3/h5-6,8-13,17-18,24H,7,14-16H2,1-3H3,(H,38,40). The van der Waals surface area contributed by atoms with E-state index in [2.05, 4.69) is 15.8 Å². The molecule has 1 unspecified atom stereocenters. The van der Waals surface area contributed by atoms with Crippen molar-refractivity contribution in [1.82, 2.24) is 5.32 Å². The highest BCUT2D eigenvalue weighted by molar-refractivity contribution is 7.14. The first-order chi connectivity index (χ1) is 20.2. The van der Waals surface area contributed by atoms with Crippen molar-refractivity contribution in [2.75, 3.05) is 13.7 Å². The Morgan fingerprint density at radius 3 is 2.21 bits per heavy atom. The minimum absolute atomic E-state index is 0.00241. The highest BCUT2D eigenvalue weighted by Crippen LogP contribution is 2.37. The summed E-state index contributed by atoms with van der Waals surface area (Å²) in [5.41, 5.74) is 4.60. The van der Waals surface area contributed by atoms with Crippen LogP contribution in [-0.4, -0.2) is 31.7 Å². The van der Waals surface area contributed by atoms with Gasteiger partial charge in [-0.25, -0.2) is 0 Å². The summed E-state index contributed by atoms with van der Waals surface area (Å²) in [6.07, 6.45) is -8.19. The molecule has 0 saturated heterocycles. The Kier molecular flexibility index (Phi) is 11.2. The average Bonchev–Trinajstić information content (AvgIpc) is 3.41. The summed E-state index contributed by atoms with van der Waals surface area (Å²) >= 11 is 1.13. The van der Waals surface area contributed by atoms with Crippen molar-refractivity contribution in [1.29, 1.82) is 0 Å². The number of hydrogen-bond acceptors (Lipinski definition) is 5. The van der Waals surface area contributed by atoms with Gasteiger partial charge in [0.2, 0.25) is 0 Å². The fourth-order valence-electron chi connectivity index (χ4n) is 4.21. The van der Waals surface area contributed by atoms with Gasteiger partial charge in [0.25, 0.3) is 5.91 Å². The molecule has 0 fully saturated rings. The first-order valence-electron chi connectivity index (χ1n) is 13.0. The maximum Gasteiger partial charge on any atom is 0.416 e. The van der Waals surface area contributed by atoms with Gasteiger partial charge in [0.1, 0.15) is 11.9 Å². The van der Waals surface area contributed by atoms with Gasteiger partial charge in [-0.3, -0.25) is 9.59 Å². The van der Waals surface area contributed by atoms with Crippen molar-refractivity contribution >= 4 is 23.2 Å². The number of thiophene rings is 1. The number of methoxy groups -OCH3 is 1. The largest absolute Gasteiger partial charge is 0.485 e. The van der Waals surface area contributed by atoms with Crippen LogP contribution >= 0.6 is 11.3 Å². The van der Waals surface area contributed by atoms with Gasteiger partial charge in [0, 0.05) is 17.8 Å². The molecule has 1 heterocycles. The van der Waals surface area contributed by atoms with Crippen LogP contribution in [0.3, 0.4) is 0 Å². The monoisotopic (exact) mass is 625 g/mol. The molecule has 0 aliphatic carbocycles. The van der Waals surface area contributed by atoms with Gasteiger partial charge in [-0.2, -0.15) is 26.3 Å². The maximum absolute atomic E-state index is 13.0. The van der Waals surface area contributed by atoms with Crippen molar-refractivity contribution in [3.63, 3.8) is 0 Å². The van der Waals surface area contributed by atoms with E-state index in [4.69, 9.17) is 4.74 Å². The van der Waals surface area contributed by atoms with Crippen LogP contribution in [0.15, 0.2) is 66.4 Å². The van der Waals surface area contributed by atoms with Crippen molar-refractivity contribution < 1.29 is 45.4 Å². The second-order valence-electron chi connectivity index (χ2n) is 9.53. The lowest BCUT2D eigenvalue weighted by Crippen LogP contribution is -2.25. The summed E-state index contributed by atoms with van der Waals surface area (Å²) in [4.78, 5) is 24.8. The van der Waals surface area contributed by atoms with Crippen molar-refractivity contribution in [2.45, 2.75) is 51.6 Å². The van der Waals surface area contributed by atoms with Crippen LogP contribution in [0.1, 0.15) is 56.6 Å². The molecule has 3 rings (SSSR count). The Hall–Kier alpha value is -4.02. The molecule has 0 aliphatic rings. The van der Waals surface area contributed by atoms with Crippen LogP contribution in [0, 0.1) is 13.8 Å². The molecular weight excluding hydrogens is 596 g/mol. The number of esters is 1. The number of halogens is 6. The molecule has 12 heteroatoms. The fraction of sp³-hybridized carbons (Fsp3) is 0.323. The molecule has 0 aliphatic heterocycles. The molecule has 5 nitrogen and oxygen atoms in total. The summed E-state index contributed by atoms with van der Waals surface area (Å²) in [6, 6.07) is 11.6. The van der Waals surface area contributed by atoms with E-state index in [0.717, 1.165) is 46.2 Å². The van der Waals surface area contributed by atoms with Gasteiger partial charge in [-0.15, -0.1) is 17.1 Å². The normalized spacial score (nSPS) is 12.2. The first kappa shape index (κ1) is 33.5. The molecule has 0 spiro atoms. The molecule has 230 valence electrons. The van der Waals surface area contributed by atoms with Gasteiger partial charge < -0.3 is 14.8 Å². The number of benzene rings is 2. The Balaban J connectivity index is 1.85.